The Labute approximate surface area is 126 Å². The number of Topliss-reactive ketones (excluding diaryl/α,β-unsaturated/α-hetero) is 1. The molecule has 3 nitrogen and oxygen atoms in total. The first-order valence-electron chi connectivity index (χ1n) is 6.37. The standard InChI is InChI=1S/C14H15BrClNO2/c15-11-7-5-6-10-12(11)17(14(19)13(10)18)9-4-2-1-3-8-16/h5-7H,1-4,8-9H2. The zero-order valence-corrected chi connectivity index (χ0v) is 12.8. The maximum Gasteiger partial charge on any atom is 0.299 e. The van der Waals surface area contributed by atoms with Crippen LogP contribution in [0.2, 0.25) is 0 Å². The van der Waals surface area contributed by atoms with Crippen LogP contribution in [0.25, 0.3) is 0 Å². The van der Waals surface area contributed by atoms with Crippen molar-refractivity contribution in [2.24, 2.45) is 0 Å². The van der Waals surface area contributed by atoms with Gasteiger partial charge >= 0.3 is 0 Å². The van der Waals surface area contributed by atoms with Crippen molar-refractivity contribution in [1.29, 1.82) is 0 Å². The van der Waals surface area contributed by atoms with Crippen molar-refractivity contribution in [1.82, 2.24) is 0 Å². The van der Waals surface area contributed by atoms with Gasteiger partial charge in [-0.3, -0.25) is 9.59 Å². The lowest BCUT2D eigenvalue weighted by atomic mass is 10.1. The average molecular weight is 345 g/mol. The molecule has 0 N–H and O–H groups in total. The Kier molecular flexibility index (Phi) is 4.99. The summed E-state index contributed by atoms with van der Waals surface area (Å²) in [5.41, 5.74) is 1.22. The number of nitrogens with zero attached hydrogens (tertiary/aromatic N) is 1. The lowest BCUT2D eigenvalue weighted by Crippen LogP contribution is -2.30. The van der Waals surface area contributed by atoms with E-state index in [0.29, 0.717) is 18.0 Å². The molecule has 0 saturated carbocycles. The normalized spacial score (nSPS) is 14.1. The smallest absolute Gasteiger partial charge is 0.299 e. The van der Waals surface area contributed by atoms with Crippen LogP contribution in [0.1, 0.15) is 36.0 Å². The van der Waals surface area contributed by atoms with Gasteiger partial charge in [-0.05, 0) is 40.9 Å². The van der Waals surface area contributed by atoms with Gasteiger partial charge in [0.25, 0.3) is 11.7 Å². The summed E-state index contributed by atoms with van der Waals surface area (Å²) in [6.07, 6.45) is 3.96. The molecule has 1 aliphatic heterocycles. The number of benzene rings is 1. The fraction of sp³-hybridized carbons (Fsp3) is 0.429. The highest BCUT2D eigenvalue weighted by Crippen LogP contribution is 2.36. The van der Waals surface area contributed by atoms with E-state index in [9.17, 15) is 9.59 Å². The third-order valence-corrected chi connectivity index (χ3v) is 4.11. The van der Waals surface area contributed by atoms with E-state index in [1.54, 1.807) is 17.0 Å². The van der Waals surface area contributed by atoms with Crippen LogP contribution in [-0.2, 0) is 4.79 Å². The SMILES string of the molecule is O=C1C(=O)N(CCCCCCCl)c2c(Br)cccc21. The van der Waals surface area contributed by atoms with E-state index in [2.05, 4.69) is 15.9 Å². The molecule has 1 aromatic rings. The number of halogens is 2. The molecule has 1 aliphatic rings. The molecule has 102 valence electrons. The predicted octanol–water partition coefficient (Wildman–Crippen LogP) is 3.78. The molecule has 0 fully saturated rings. The molecule has 1 heterocycles. The van der Waals surface area contributed by atoms with Crippen molar-refractivity contribution in [3.63, 3.8) is 0 Å². The maximum absolute atomic E-state index is 12.0. The number of amides is 1. The van der Waals surface area contributed by atoms with Gasteiger partial charge in [0.05, 0.1) is 11.3 Å². The molecule has 0 aromatic heterocycles. The van der Waals surface area contributed by atoms with Crippen LogP contribution < -0.4 is 4.90 Å². The number of anilines is 1. The highest BCUT2D eigenvalue weighted by molar-refractivity contribution is 9.10. The van der Waals surface area contributed by atoms with Crippen LogP contribution in [0.15, 0.2) is 22.7 Å². The number of ketones is 1. The van der Waals surface area contributed by atoms with E-state index in [1.165, 1.54) is 0 Å². The van der Waals surface area contributed by atoms with E-state index in [4.69, 9.17) is 11.6 Å². The molecule has 2 rings (SSSR count). The first kappa shape index (κ1) is 14.5. The number of rotatable bonds is 6. The Balaban J connectivity index is 2.06. The summed E-state index contributed by atoms with van der Waals surface area (Å²) in [6.45, 7) is 0.586. The zero-order valence-electron chi connectivity index (χ0n) is 10.5. The van der Waals surface area contributed by atoms with Gasteiger partial charge in [0, 0.05) is 16.9 Å². The second kappa shape index (κ2) is 6.53. The van der Waals surface area contributed by atoms with Crippen molar-refractivity contribution in [2.75, 3.05) is 17.3 Å². The summed E-state index contributed by atoms with van der Waals surface area (Å²) in [4.78, 5) is 25.4. The number of carbonyl (C=O) groups excluding carboxylic acids is 2. The molecule has 0 bridgehead atoms. The molecule has 0 aliphatic carbocycles. The van der Waals surface area contributed by atoms with Crippen molar-refractivity contribution in [3.05, 3.63) is 28.2 Å². The average Bonchev–Trinajstić information content (AvgIpc) is 2.65. The molecule has 1 amide bonds. The monoisotopic (exact) mass is 343 g/mol. The fourth-order valence-corrected chi connectivity index (χ4v) is 3.01. The van der Waals surface area contributed by atoms with Crippen molar-refractivity contribution < 1.29 is 9.59 Å². The molecule has 0 radical (unpaired) electrons. The highest BCUT2D eigenvalue weighted by atomic mass is 79.9. The first-order chi connectivity index (χ1) is 9.16. The number of alkyl halides is 1. The van der Waals surface area contributed by atoms with Crippen LogP contribution in [0.5, 0.6) is 0 Å². The Morgan fingerprint density at radius 1 is 1.11 bits per heavy atom. The minimum atomic E-state index is -0.417. The quantitative estimate of drug-likeness (QED) is 0.447. The Bertz CT molecular complexity index is 504. The van der Waals surface area contributed by atoms with Crippen LogP contribution >= 0.6 is 27.5 Å². The van der Waals surface area contributed by atoms with E-state index < -0.39 is 11.7 Å². The molecular formula is C14H15BrClNO2. The van der Waals surface area contributed by atoms with Gasteiger partial charge in [-0.15, -0.1) is 11.6 Å². The largest absolute Gasteiger partial charge is 0.304 e. The van der Waals surface area contributed by atoms with Gasteiger partial charge in [-0.25, -0.2) is 0 Å². The Hall–Kier alpha value is -0.870. The lowest BCUT2D eigenvalue weighted by molar-refractivity contribution is -0.114. The molecule has 0 atom stereocenters. The second-order valence-electron chi connectivity index (χ2n) is 4.53. The lowest BCUT2D eigenvalue weighted by Gasteiger charge is -2.17. The van der Waals surface area contributed by atoms with E-state index in [0.717, 1.165) is 35.8 Å². The Morgan fingerprint density at radius 2 is 1.84 bits per heavy atom. The first-order valence-corrected chi connectivity index (χ1v) is 7.70. The van der Waals surface area contributed by atoms with Crippen LogP contribution in [0.4, 0.5) is 5.69 Å². The van der Waals surface area contributed by atoms with Gasteiger partial charge < -0.3 is 4.90 Å². The van der Waals surface area contributed by atoms with Crippen LogP contribution in [0.3, 0.4) is 0 Å². The zero-order chi connectivity index (χ0) is 13.8. The number of unbranched alkanes of at least 4 members (excludes halogenated alkanes) is 3. The van der Waals surface area contributed by atoms with E-state index >= 15 is 0 Å². The molecule has 19 heavy (non-hydrogen) atoms. The Morgan fingerprint density at radius 3 is 2.58 bits per heavy atom. The van der Waals surface area contributed by atoms with Gasteiger partial charge in [0.15, 0.2) is 0 Å². The second-order valence-corrected chi connectivity index (χ2v) is 5.76. The van der Waals surface area contributed by atoms with Crippen molar-refractivity contribution in [2.45, 2.75) is 25.7 Å². The number of hydrogen-bond acceptors (Lipinski definition) is 2. The van der Waals surface area contributed by atoms with E-state index in [-0.39, 0.29) is 0 Å². The minimum absolute atomic E-state index is 0.406. The van der Waals surface area contributed by atoms with Gasteiger partial charge in [-0.2, -0.15) is 0 Å². The topological polar surface area (TPSA) is 37.4 Å². The van der Waals surface area contributed by atoms with Crippen molar-refractivity contribution >= 4 is 44.9 Å². The molecule has 5 heteroatoms. The summed E-state index contributed by atoms with van der Waals surface area (Å²) >= 11 is 9.04. The van der Waals surface area contributed by atoms with Crippen molar-refractivity contribution in [3.8, 4) is 0 Å². The number of para-hydroxylation sites is 1. The minimum Gasteiger partial charge on any atom is -0.304 e. The fourth-order valence-electron chi connectivity index (χ4n) is 2.24. The number of fused-ring (bicyclic) bond motifs is 1. The third-order valence-electron chi connectivity index (χ3n) is 3.21. The third kappa shape index (κ3) is 3.00. The summed E-state index contributed by atoms with van der Waals surface area (Å²) in [5, 5.41) is 0. The number of carbonyl (C=O) groups is 2. The molecule has 0 unspecified atom stereocenters. The summed E-state index contributed by atoms with van der Waals surface area (Å²) in [5.74, 6) is -0.147. The van der Waals surface area contributed by atoms with Crippen LogP contribution in [0, 0.1) is 0 Å². The molecule has 1 aromatic carbocycles. The maximum atomic E-state index is 12.0. The number of hydrogen-bond donors (Lipinski definition) is 0. The molecule has 0 spiro atoms. The highest BCUT2D eigenvalue weighted by Gasteiger charge is 2.36. The van der Waals surface area contributed by atoms with Gasteiger partial charge in [0.2, 0.25) is 0 Å². The summed E-state index contributed by atoms with van der Waals surface area (Å²) < 4.78 is 0.796. The molecule has 0 saturated heterocycles. The van der Waals surface area contributed by atoms with Gasteiger partial charge in [-0.1, -0.05) is 18.9 Å². The summed E-state index contributed by atoms with van der Waals surface area (Å²) in [6, 6.07) is 5.33. The molecular weight excluding hydrogens is 330 g/mol. The summed E-state index contributed by atoms with van der Waals surface area (Å²) in [7, 11) is 0. The van der Waals surface area contributed by atoms with E-state index in [1.807, 2.05) is 6.07 Å². The predicted molar refractivity (Wildman–Crippen MR) is 80.0 cm³/mol. The van der Waals surface area contributed by atoms with Crippen LogP contribution in [-0.4, -0.2) is 24.1 Å². The van der Waals surface area contributed by atoms with Gasteiger partial charge in [0.1, 0.15) is 0 Å².